The van der Waals surface area contributed by atoms with E-state index in [1.807, 2.05) is 44.2 Å². The van der Waals surface area contributed by atoms with Gasteiger partial charge < -0.3 is 10.2 Å². The van der Waals surface area contributed by atoms with Crippen molar-refractivity contribution >= 4 is 43.5 Å². The van der Waals surface area contributed by atoms with E-state index in [0.29, 0.717) is 12.2 Å². The molecule has 38 heavy (non-hydrogen) atoms. The van der Waals surface area contributed by atoms with Crippen molar-refractivity contribution in [3.63, 3.8) is 0 Å². The topological polar surface area (TPSA) is 86.8 Å². The van der Waals surface area contributed by atoms with Crippen molar-refractivity contribution in [1.82, 2.24) is 10.2 Å². The van der Waals surface area contributed by atoms with Gasteiger partial charge in [-0.25, -0.2) is 8.42 Å². The number of carbonyl (C=O) groups excluding carboxylic acids is 2. The normalized spacial score (nSPS) is 12.0. The molecule has 0 radical (unpaired) electrons. The molecule has 0 fully saturated rings. The molecule has 0 heterocycles. The summed E-state index contributed by atoms with van der Waals surface area (Å²) in [5.41, 5.74) is 2.11. The number of unbranched alkanes of at least 4 members (excludes halogenated alkanes) is 1. The van der Waals surface area contributed by atoms with Gasteiger partial charge in [-0.15, -0.1) is 0 Å². The second-order valence-corrected chi connectivity index (χ2v) is 11.9. The molecule has 0 aromatic heterocycles. The van der Waals surface area contributed by atoms with Gasteiger partial charge in [0.15, 0.2) is 0 Å². The Kier molecular flexibility index (Phi) is 10.5. The summed E-state index contributed by atoms with van der Waals surface area (Å²) in [4.78, 5) is 28.3. The van der Waals surface area contributed by atoms with Crippen LogP contribution < -0.4 is 9.62 Å². The number of rotatable bonds is 12. The molecule has 1 unspecified atom stereocenters. The first-order chi connectivity index (χ1) is 18.1. The molecule has 1 N–H and O–H groups in total. The lowest BCUT2D eigenvalue weighted by Gasteiger charge is -2.32. The highest BCUT2D eigenvalue weighted by atomic mass is 79.9. The maximum absolute atomic E-state index is 13.8. The maximum atomic E-state index is 13.8. The predicted octanol–water partition coefficient (Wildman–Crippen LogP) is 5.29. The molecule has 0 bridgehead atoms. The third-order valence-corrected chi connectivity index (χ3v) is 8.51. The number of aryl methyl sites for hydroxylation is 1. The Morgan fingerprint density at radius 2 is 1.58 bits per heavy atom. The van der Waals surface area contributed by atoms with E-state index in [2.05, 4.69) is 21.2 Å². The zero-order valence-electron chi connectivity index (χ0n) is 21.9. The largest absolute Gasteiger partial charge is 0.354 e. The second-order valence-electron chi connectivity index (χ2n) is 9.13. The zero-order valence-corrected chi connectivity index (χ0v) is 24.3. The summed E-state index contributed by atoms with van der Waals surface area (Å²) < 4.78 is 29.5. The number of hydrogen-bond donors (Lipinski definition) is 1. The molecule has 9 heteroatoms. The number of benzene rings is 3. The van der Waals surface area contributed by atoms with Crippen LogP contribution in [-0.4, -0.2) is 44.3 Å². The Balaban J connectivity index is 1.97. The average Bonchev–Trinajstić information content (AvgIpc) is 2.91. The average molecular weight is 601 g/mol. The molecule has 0 aliphatic heterocycles. The van der Waals surface area contributed by atoms with Gasteiger partial charge in [0.25, 0.3) is 10.0 Å². The number of hydrogen-bond acceptors (Lipinski definition) is 4. The third-order valence-electron chi connectivity index (χ3n) is 6.20. The van der Waals surface area contributed by atoms with E-state index in [9.17, 15) is 18.0 Å². The van der Waals surface area contributed by atoms with Gasteiger partial charge in [0, 0.05) is 17.6 Å². The monoisotopic (exact) mass is 599 g/mol. The number of sulfonamides is 1. The van der Waals surface area contributed by atoms with Gasteiger partial charge >= 0.3 is 0 Å². The Hall–Kier alpha value is -3.17. The van der Waals surface area contributed by atoms with Crippen LogP contribution in [0.4, 0.5) is 5.69 Å². The van der Waals surface area contributed by atoms with Gasteiger partial charge in [-0.1, -0.05) is 77.3 Å². The van der Waals surface area contributed by atoms with Crippen molar-refractivity contribution < 1.29 is 18.0 Å². The molecule has 3 aromatic carbocycles. The molecule has 0 spiro atoms. The molecule has 2 amide bonds. The number of nitrogens with one attached hydrogen (secondary N) is 1. The molecule has 3 aromatic rings. The van der Waals surface area contributed by atoms with Gasteiger partial charge in [-0.05, 0) is 62.2 Å². The first kappa shape index (κ1) is 29.4. The fraction of sp³-hybridized carbons (Fsp3) is 0.310. The van der Waals surface area contributed by atoms with Crippen molar-refractivity contribution in [1.29, 1.82) is 0 Å². The van der Waals surface area contributed by atoms with Crippen molar-refractivity contribution in [2.45, 2.75) is 51.1 Å². The molecule has 0 aliphatic rings. The van der Waals surface area contributed by atoms with Gasteiger partial charge in [0.2, 0.25) is 11.8 Å². The SMILES string of the molecule is CCCCNC(=O)C(C)N(Cc1ccccc1)C(=O)CN(c1ccc(Br)cc1)S(=O)(=O)c1ccc(C)cc1. The lowest BCUT2D eigenvalue weighted by Crippen LogP contribution is -2.51. The first-order valence-corrected chi connectivity index (χ1v) is 14.8. The minimum absolute atomic E-state index is 0.0822. The second kappa shape index (κ2) is 13.6. The molecule has 0 aliphatic carbocycles. The fourth-order valence-corrected chi connectivity index (χ4v) is 5.55. The summed E-state index contributed by atoms with van der Waals surface area (Å²) in [5, 5.41) is 2.89. The highest BCUT2D eigenvalue weighted by Crippen LogP contribution is 2.26. The van der Waals surface area contributed by atoms with Gasteiger partial charge in [0.1, 0.15) is 12.6 Å². The van der Waals surface area contributed by atoms with E-state index >= 15 is 0 Å². The van der Waals surface area contributed by atoms with E-state index in [0.717, 1.165) is 32.7 Å². The van der Waals surface area contributed by atoms with Gasteiger partial charge in [-0.3, -0.25) is 13.9 Å². The lowest BCUT2D eigenvalue weighted by molar-refractivity contribution is -0.139. The van der Waals surface area contributed by atoms with Crippen LogP contribution in [0.15, 0.2) is 88.2 Å². The number of nitrogens with zero attached hydrogens (tertiary/aromatic N) is 2. The Morgan fingerprint density at radius 3 is 2.18 bits per heavy atom. The van der Waals surface area contributed by atoms with Gasteiger partial charge in [-0.2, -0.15) is 0 Å². The molecule has 7 nitrogen and oxygen atoms in total. The Bertz CT molecular complexity index is 1310. The van der Waals surface area contributed by atoms with Crippen LogP contribution in [-0.2, 0) is 26.2 Å². The van der Waals surface area contributed by atoms with Crippen LogP contribution in [0.2, 0.25) is 0 Å². The van der Waals surface area contributed by atoms with Crippen molar-refractivity contribution in [2.75, 3.05) is 17.4 Å². The van der Waals surface area contributed by atoms with Crippen LogP contribution in [0, 0.1) is 6.92 Å². The number of halogens is 1. The van der Waals surface area contributed by atoms with Crippen LogP contribution in [0.3, 0.4) is 0 Å². The van der Waals surface area contributed by atoms with Crippen LogP contribution in [0.5, 0.6) is 0 Å². The minimum Gasteiger partial charge on any atom is -0.354 e. The van der Waals surface area contributed by atoms with Crippen LogP contribution >= 0.6 is 15.9 Å². The lowest BCUT2D eigenvalue weighted by atomic mass is 10.1. The van der Waals surface area contributed by atoms with Gasteiger partial charge in [0.05, 0.1) is 10.6 Å². The maximum Gasteiger partial charge on any atom is 0.264 e. The highest BCUT2D eigenvalue weighted by molar-refractivity contribution is 9.10. The highest BCUT2D eigenvalue weighted by Gasteiger charge is 2.32. The molecule has 1 atom stereocenters. The molecular weight excluding hydrogens is 566 g/mol. The molecular formula is C29H34BrN3O4S. The summed E-state index contributed by atoms with van der Waals surface area (Å²) in [7, 11) is -4.08. The predicted molar refractivity (Wildman–Crippen MR) is 154 cm³/mol. The summed E-state index contributed by atoms with van der Waals surface area (Å²) in [6, 6.07) is 21.8. The number of anilines is 1. The molecule has 0 saturated carbocycles. The fourth-order valence-electron chi connectivity index (χ4n) is 3.87. The first-order valence-electron chi connectivity index (χ1n) is 12.6. The van der Waals surface area contributed by atoms with E-state index in [4.69, 9.17) is 0 Å². The number of carbonyl (C=O) groups is 2. The quantitative estimate of drug-likeness (QED) is 0.287. The van der Waals surface area contributed by atoms with E-state index in [-0.39, 0.29) is 17.3 Å². The van der Waals surface area contributed by atoms with Crippen molar-refractivity contribution in [2.24, 2.45) is 0 Å². The summed E-state index contributed by atoms with van der Waals surface area (Å²) in [6.07, 6.45) is 1.76. The van der Waals surface area contributed by atoms with E-state index in [1.165, 1.54) is 17.0 Å². The van der Waals surface area contributed by atoms with E-state index < -0.39 is 28.5 Å². The Labute approximate surface area is 234 Å². The molecule has 3 rings (SSSR count). The smallest absolute Gasteiger partial charge is 0.264 e. The van der Waals surface area contributed by atoms with Crippen LogP contribution in [0.1, 0.15) is 37.8 Å². The van der Waals surface area contributed by atoms with Crippen molar-refractivity contribution in [3.05, 3.63) is 94.5 Å². The third kappa shape index (κ3) is 7.68. The Morgan fingerprint density at radius 1 is 0.947 bits per heavy atom. The summed E-state index contributed by atoms with van der Waals surface area (Å²) >= 11 is 3.38. The summed E-state index contributed by atoms with van der Waals surface area (Å²) in [5.74, 6) is -0.759. The zero-order chi connectivity index (χ0) is 27.7. The molecule has 202 valence electrons. The minimum atomic E-state index is -4.08. The molecule has 0 saturated heterocycles. The van der Waals surface area contributed by atoms with Crippen LogP contribution in [0.25, 0.3) is 0 Å². The summed E-state index contributed by atoms with van der Waals surface area (Å²) in [6.45, 7) is 5.80. The van der Waals surface area contributed by atoms with Crippen molar-refractivity contribution in [3.8, 4) is 0 Å². The van der Waals surface area contributed by atoms with E-state index in [1.54, 1.807) is 43.3 Å². The number of amides is 2. The standard InChI is InChI=1S/C29H34BrN3O4S/c1-4-5-19-31-29(35)23(3)32(20-24-9-7-6-8-10-24)28(34)21-33(26-15-13-25(30)14-16-26)38(36,37)27-17-11-22(2)12-18-27/h6-18,23H,4-5,19-21H2,1-3H3,(H,31,35).